The summed E-state index contributed by atoms with van der Waals surface area (Å²) in [6.07, 6.45) is 0. The van der Waals surface area contributed by atoms with E-state index < -0.39 is 0 Å². The van der Waals surface area contributed by atoms with Gasteiger partial charge in [0, 0.05) is 16.7 Å². The lowest BCUT2D eigenvalue weighted by molar-refractivity contribution is 0.617. The Labute approximate surface area is 236 Å². The summed E-state index contributed by atoms with van der Waals surface area (Å²) >= 11 is 0. The highest BCUT2D eigenvalue weighted by molar-refractivity contribution is 5.84. The molecule has 1 aromatic heterocycles. The van der Waals surface area contributed by atoms with Crippen molar-refractivity contribution in [3.63, 3.8) is 0 Å². The molecule has 1 heterocycles. The number of hydrogen-bond acceptors (Lipinski definition) is 2. The zero-order valence-electron chi connectivity index (χ0n) is 22.8. The van der Waals surface area contributed by atoms with E-state index in [0.29, 0.717) is 11.8 Å². The number of hydrogen-bond donors (Lipinski definition) is 0. The van der Waals surface area contributed by atoms with Gasteiger partial charge in [-0.1, -0.05) is 141 Å². The number of benzene rings is 5. The summed E-state index contributed by atoms with van der Waals surface area (Å²) in [5.74, 6) is 1.64. The summed E-state index contributed by atoms with van der Waals surface area (Å²) in [4.78, 5) is 9.94. The van der Waals surface area contributed by atoms with E-state index in [1.807, 2.05) is 24.3 Å². The quantitative estimate of drug-likeness (QED) is 0.234. The first-order valence-electron chi connectivity index (χ1n) is 14.0. The topological polar surface area (TPSA) is 25.8 Å². The summed E-state index contributed by atoms with van der Waals surface area (Å²) in [6, 6.07) is 47.2. The zero-order valence-corrected chi connectivity index (χ0v) is 22.8. The van der Waals surface area contributed by atoms with Gasteiger partial charge in [-0.15, -0.1) is 0 Å². The maximum absolute atomic E-state index is 5.01. The Balaban J connectivity index is 1.32. The van der Waals surface area contributed by atoms with Crippen LogP contribution in [0.5, 0.6) is 0 Å². The van der Waals surface area contributed by atoms with Crippen molar-refractivity contribution in [3.8, 4) is 56.2 Å². The molecule has 2 nitrogen and oxygen atoms in total. The van der Waals surface area contributed by atoms with Crippen molar-refractivity contribution in [2.45, 2.75) is 25.7 Å². The lowest BCUT2D eigenvalue weighted by Crippen LogP contribution is -2.14. The highest BCUT2D eigenvalue weighted by atomic mass is 14.9. The van der Waals surface area contributed by atoms with E-state index in [1.54, 1.807) is 0 Å². The molecule has 0 spiro atoms. The lowest BCUT2D eigenvalue weighted by atomic mass is 9.71. The molecule has 1 aliphatic carbocycles. The second-order valence-electron chi connectivity index (χ2n) is 10.7. The molecule has 5 aromatic carbocycles. The molecule has 0 fully saturated rings. The van der Waals surface area contributed by atoms with Gasteiger partial charge in [0.1, 0.15) is 0 Å². The van der Waals surface area contributed by atoms with Crippen molar-refractivity contribution in [2.75, 3.05) is 0 Å². The maximum Gasteiger partial charge on any atom is 0.160 e. The van der Waals surface area contributed by atoms with Crippen molar-refractivity contribution in [1.29, 1.82) is 0 Å². The molecule has 0 radical (unpaired) electrons. The van der Waals surface area contributed by atoms with Gasteiger partial charge < -0.3 is 0 Å². The zero-order chi connectivity index (χ0) is 27.1. The second-order valence-corrected chi connectivity index (χ2v) is 10.7. The first-order valence-corrected chi connectivity index (χ1v) is 14.0. The van der Waals surface area contributed by atoms with Crippen molar-refractivity contribution < 1.29 is 0 Å². The number of nitrogens with zero attached hydrogens (tertiary/aromatic N) is 2. The lowest BCUT2D eigenvalue weighted by Gasteiger charge is -2.33. The van der Waals surface area contributed by atoms with E-state index in [4.69, 9.17) is 9.97 Å². The standard InChI is InChI=1S/C38H30N2/c1-25-26(2)37-32(18-11-19-34(37)33-17-10-9-16-31(25)33)27-20-22-29(23-21-27)36-24-35(28-12-5-3-6-13-28)39-38(40-36)30-14-7-4-8-15-30/h3-26H,1-2H3/t25-,26?/m0/s1. The van der Waals surface area contributed by atoms with Crippen LogP contribution < -0.4 is 0 Å². The first-order chi connectivity index (χ1) is 19.7. The molecular weight excluding hydrogens is 484 g/mol. The normalized spacial score (nSPS) is 15.8. The summed E-state index contributed by atoms with van der Waals surface area (Å²) in [7, 11) is 0. The predicted molar refractivity (Wildman–Crippen MR) is 166 cm³/mol. The van der Waals surface area contributed by atoms with Crippen LogP contribution in [0.15, 0.2) is 133 Å². The highest BCUT2D eigenvalue weighted by Crippen LogP contribution is 2.49. The van der Waals surface area contributed by atoms with Crippen molar-refractivity contribution in [2.24, 2.45) is 0 Å². The average molecular weight is 515 g/mol. The third kappa shape index (κ3) is 4.23. The van der Waals surface area contributed by atoms with Crippen LogP contribution >= 0.6 is 0 Å². The van der Waals surface area contributed by atoms with Crippen LogP contribution in [0.3, 0.4) is 0 Å². The third-order valence-electron chi connectivity index (χ3n) is 8.37. The Morgan fingerprint density at radius 2 is 0.950 bits per heavy atom. The minimum atomic E-state index is 0.435. The Hall–Kier alpha value is -4.82. The summed E-state index contributed by atoms with van der Waals surface area (Å²) in [5, 5.41) is 0. The van der Waals surface area contributed by atoms with E-state index in [2.05, 4.69) is 123 Å². The molecule has 0 amide bonds. The molecule has 7 rings (SSSR count). The molecular formula is C38H30N2. The fourth-order valence-corrected chi connectivity index (χ4v) is 6.09. The van der Waals surface area contributed by atoms with Crippen LogP contribution in [-0.4, -0.2) is 9.97 Å². The third-order valence-corrected chi connectivity index (χ3v) is 8.37. The van der Waals surface area contributed by atoms with E-state index >= 15 is 0 Å². The molecule has 192 valence electrons. The molecule has 0 aliphatic heterocycles. The largest absolute Gasteiger partial charge is 0.228 e. The molecule has 0 saturated carbocycles. The van der Waals surface area contributed by atoms with Crippen LogP contribution in [0.4, 0.5) is 0 Å². The molecule has 40 heavy (non-hydrogen) atoms. The van der Waals surface area contributed by atoms with Gasteiger partial charge in [-0.05, 0) is 51.3 Å². The second kappa shape index (κ2) is 10.1. The Morgan fingerprint density at radius 1 is 0.425 bits per heavy atom. The minimum Gasteiger partial charge on any atom is -0.228 e. The van der Waals surface area contributed by atoms with Gasteiger partial charge >= 0.3 is 0 Å². The number of aromatic nitrogens is 2. The summed E-state index contributed by atoms with van der Waals surface area (Å²) < 4.78 is 0. The van der Waals surface area contributed by atoms with E-state index in [1.165, 1.54) is 33.4 Å². The maximum atomic E-state index is 5.01. The van der Waals surface area contributed by atoms with E-state index in [-0.39, 0.29) is 0 Å². The molecule has 0 N–H and O–H groups in total. The predicted octanol–water partition coefficient (Wildman–Crippen LogP) is 10.0. The van der Waals surface area contributed by atoms with Crippen LogP contribution in [-0.2, 0) is 0 Å². The van der Waals surface area contributed by atoms with Crippen molar-refractivity contribution in [1.82, 2.24) is 9.97 Å². The fourth-order valence-electron chi connectivity index (χ4n) is 6.09. The number of rotatable bonds is 4. The number of fused-ring (bicyclic) bond motifs is 3. The van der Waals surface area contributed by atoms with Gasteiger partial charge in [0.25, 0.3) is 0 Å². The summed E-state index contributed by atoms with van der Waals surface area (Å²) in [5.41, 5.74) is 13.2. The van der Waals surface area contributed by atoms with Crippen LogP contribution in [0.25, 0.3) is 56.2 Å². The highest BCUT2D eigenvalue weighted by Gasteiger charge is 2.29. The fraction of sp³-hybridized carbons (Fsp3) is 0.105. The summed E-state index contributed by atoms with van der Waals surface area (Å²) in [6.45, 7) is 4.73. The Kier molecular flexibility index (Phi) is 6.09. The van der Waals surface area contributed by atoms with Gasteiger partial charge in [0.15, 0.2) is 5.82 Å². The van der Waals surface area contributed by atoms with Crippen molar-refractivity contribution in [3.05, 3.63) is 145 Å². The minimum absolute atomic E-state index is 0.435. The van der Waals surface area contributed by atoms with E-state index in [0.717, 1.165) is 33.9 Å². The Morgan fingerprint density at radius 3 is 1.65 bits per heavy atom. The van der Waals surface area contributed by atoms with Crippen molar-refractivity contribution >= 4 is 0 Å². The molecule has 2 heteroatoms. The van der Waals surface area contributed by atoms with Gasteiger partial charge in [-0.3, -0.25) is 0 Å². The molecule has 0 saturated heterocycles. The van der Waals surface area contributed by atoms with Crippen LogP contribution in [0.2, 0.25) is 0 Å². The van der Waals surface area contributed by atoms with E-state index in [9.17, 15) is 0 Å². The Bertz CT molecular complexity index is 1750. The average Bonchev–Trinajstić information content (AvgIpc) is 3.04. The molecule has 6 aromatic rings. The SMILES string of the molecule is CC1c2c(-c3ccc(-c4cc(-c5ccccc5)nc(-c5ccccc5)n4)cc3)cccc2-c2ccccc2[C@H]1C. The van der Waals surface area contributed by atoms with Gasteiger partial charge in [0.05, 0.1) is 11.4 Å². The van der Waals surface area contributed by atoms with Gasteiger partial charge in [0.2, 0.25) is 0 Å². The molecule has 0 bridgehead atoms. The van der Waals surface area contributed by atoms with Gasteiger partial charge in [-0.2, -0.15) is 0 Å². The first kappa shape index (κ1) is 24.2. The molecule has 1 aliphatic rings. The smallest absolute Gasteiger partial charge is 0.160 e. The van der Waals surface area contributed by atoms with Crippen LogP contribution in [0, 0.1) is 0 Å². The van der Waals surface area contributed by atoms with Crippen LogP contribution in [0.1, 0.15) is 36.8 Å². The molecule has 2 atom stereocenters. The van der Waals surface area contributed by atoms with Gasteiger partial charge in [-0.25, -0.2) is 9.97 Å². The molecule has 1 unspecified atom stereocenters. The monoisotopic (exact) mass is 514 g/mol.